The second-order valence-electron chi connectivity index (χ2n) is 8.57. The van der Waals surface area contributed by atoms with Crippen molar-refractivity contribution in [2.24, 2.45) is 0 Å². The first-order valence-corrected chi connectivity index (χ1v) is 11.0. The van der Waals surface area contributed by atoms with Gasteiger partial charge < -0.3 is 15.0 Å². The third-order valence-electron chi connectivity index (χ3n) is 6.37. The van der Waals surface area contributed by atoms with Crippen LogP contribution >= 0.6 is 0 Å². The van der Waals surface area contributed by atoms with Crippen LogP contribution in [0.25, 0.3) is 10.9 Å². The molecule has 0 fully saturated rings. The van der Waals surface area contributed by atoms with Crippen molar-refractivity contribution in [1.29, 1.82) is 0 Å². The highest BCUT2D eigenvalue weighted by atomic mass is 16.5. The second-order valence-corrected chi connectivity index (χ2v) is 8.57. The minimum absolute atomic E-state index is 0.0757. The fourth-order valence-electron chi connectivity index (χ4n) is 4.98. The van der Waals surface area contributed by atoms with Crippen molar-refractivity contribution < 1.29 is 9.53 Å². The van der Waals surface area contributed by atoms with Gasteiger partial charge in [-0.15, -0.1) is 0 Å². The normalized spacial score (nSPS) is 21.4. The first-order chi connectivity index (χ1) is 14.7. The first-order valence-electron chi connectivity index (χ1n) is 11.0. The number of carbonyl (C=O) groups is 1. The molecule has 5 nitrogen and oxygen atoms in total. The maximum Gasteiger partial charge on any atom is 0.229 e. The molecule has 2 heterocycles. The van der Waals surface area contributed by atoms with Gasteiger partial charge in [-0.2, -0.15) is 0 Å². The standard InChI is InChI=1S/C25H29N3O2/c1-17-15-28(16-18-7-2-5-12-23(18)30-17)14-13-26-25(29)21-10-6-9-20-19-8-3-4-11-22(19)27-24(20)21/h2-5,7-8,11-12,17,21,27H,6,9-10,13-16H2,1H3,(H,26,29). The van der Waals surface area contributed by atoms with E-state index in [-0.39, 0.29) is 17.9 Å². The van der Waals surface area contributed by atoms with E-state index in [2.05, 4.69) is 52.5 Å². The van der Waals surface area contributed by atoms with Crippen LogP contribution in [0.5, 0.6) is 5.75 Å². The predicted molar refractivity (Wildman–Crippen MR) is 119 cm³/mol. The second kappa shape index (κ2) is 8.15. The monoisotopic (exact) mass is 403 g/mol. The molecule has 1 aliphatic carbocycles. The molecule has 2 unspecified atom stereocenters. The fourth-order valence-corrected chi connectivity index (χ4v) is 4.98. The summed E-state index contributed by atoms with van der Waals surface area (Å²) in [5.41, 5.74) is 4.79. The Balaban J connectivity index is 1.23. The zero-order chi connectivity index (χ0) is 20.5. The van der Waals surface area contributed by atoms with Crippen LogP contribution in [0.2, 0.25) is 0 Å². The van der Waals surface area contributed by atoms with Crippen molar-refractivity contribution in [3.8, 4) is 5.75 Å². The van der Waals surface area contributed by atoms with E-state index >= 15 is 0 Å². The number of nitrogens with one attached hydrogen (secondary N) is 2. The summed E-state index contributed by atoms with van der Waals surface area (Å²) in [5, 5.41) is 4.47. The highest BCUT2D eigenvalue weighted by molar-refractivity contribution is 5.90. The number of aromatic amines is 1. The number of nitrogens with zero attached hydrogens (tertiary/aromatic N) is 1. The molecule has 2 atom stereocenters. The van der Waals surface area contributed by atoms with Gasteiger partial charge in [-0.25, -0.2) is 0 Å². The molecular formula is C25H29N3O2. The largest absolute Gasteiger partial charge is 0.489 e. The van der Waals surface area contributed by atoms with E-state index in [9.17, 15) is 4.79 Å². The number of benzene rings is 2. The third kappa shape index (κ3) is 3.70. The van der Waals surface area contributed by atoms with Gasteiger partial charge in [-0.3, -0.25) is 9.69 Å². The molecule has 0 radical (unpaired) electrons. The predicted octanol–water partition coefficient (Wildman–Crippen LogP) is 3.99. The van der Waals surface area contributed by atoms with Crippen molar-refractivity contribution in [3.63, 3.8) is 0 Å². The van der Waals surface area contributed by atoms with Crippen molar-refractivity contribution >= 4 is 16.8 Å². The van der Waals surface area contributed by atoms with Crippen molar-refractivity contribution in [1.82, 2.24) is 15.2 Å². The van der Waals surface area contributed by atoms with Gasteiger partial charge in [0.1, 0.15) is 11.9 Å². The van der Waals surface area contributed by atoms with Crippen molar-refractivity contribution in [3.05, 3.63) is 65.4 Å². The molecule has 0 bridgehead atoms. The summed E-state index contributed by atoms with van der Waals surface area (Å²) >= 11 is 0. The third-order valence-corrected chi connectivity index (χ3v) is 6.37. The lowest BCUT2D eigenvalue weighted by atomic mass is 9.86. The van der Waals surface area contributed by atoms with Gasteiger partial charge in [-0.05, 0) is 43.9 Å². The molecule has 0 saturated heterocycles. The summed E-state index contributed by atoms with van der Waals surface area (Å²) < 4.78 is 6.04. The number of amides is 1. The lowest BCUT2D eigenvalue weighted by Crippen LogP contribution is -2.39. The minimum atomic E-state index is -0.0757. The van der Waals surface area contributed by atoms with Crippen LogP contribution in [0.15, 0.2) is 48.5 Å². The molecule has 2 aliphatic rings. The highest BCUT2D eigenvalue weighted by Crippen LogP contribution is 2.36. The number of aryl methyl sites for hydroxylation is 1. The van der Waals surface area contributed by atoms with E-state index in [1.54, 1.807) is 0 Å². The molecule has 0 saturated carbocycles. The number of fused-ring (bicyclic) bond motifs is 4. The van der Waals surface area contributed by atoms with Crippen LogP contribution in [0.3, 0.4) is 0 Å². The molecule has 2 N–H and O–H groups in total. The van der Waals surface area contributed by atoms with Gasteiger partial charge in [0.2, 0.25) is 5.91 Å². The molecule has 30 heavy (non-hydrogen) atoms. The summed E-state index contributed by atoms with van der Waals surface area (Å²) in [6.45, 7) is 5.29. The first kappa shape index (κ1) is 19.2. The molecule has 2 aromatic carbocycles. The number of hydrogen-bond donors (Lipinski definition) is 2. The Morgan fingerprint density at radius 2 is 2.03 bits per heavy atom. The molecule has 1 aromatic heterocycles. The summed E-state index contributed by atoms with van der Waals surface area (Å²) in [5.74, 6) is 1.04. The number of aromatic nitrogens is 1. The Kier molecular flexibility index (Phi) is 5.21. The lowest BCUT2D eigenvalue weighted by molar-refractivity contribution is -0.123. The summed E-state index contributed by atoms with van der Waals surface area (Å²) in [6, 6.07) is 16.6. The maximum absolute atomic E-state index is 13.0. The molecule has 3 aromatic rings. The van der Waals surface area contributed by atoms with Crippen LogP contribution in [0, 0.1) is 0 Å². The quantitative estimate of drug-likeness (QED) is 0.693. The average molecular weight is 404 g/mol. The number of rotatable bonds is 4. The maximum atomic E-state index is 13.0. The number of H-pyrrole nitrogens is 1. The van der Waals surface area contributed by atoms with Gasteiger partial charge in [0.15, 0.2) is 0 Å². The zero-order valence-corrected chi connectivity index (χ0v) is 17.5. The number of para-hydroxylation sites is 2. The summed E-state index contributed by atoms with van der Waals surface area (Å²) in [6.07, 6.45) is 3.16. The molecule has 1 amide bonds. The topological polar surface area (TPSA) is 57.4 Å². The van der Waals surface area contributed by atoms with Crippen LogP contribution in [0.1, 0.15) is 42.5 Å². The SMILES string of the molecule is CC1CN(CCNC(=O)C2CCCc3c2[nH]c2ccccc32)Cc2ccccc2O1. The Morgan fingerprint density at radius 1 is 1.20 bits per heavy atom. The van der Waals surface area contributed by atoms with Crippen LogP contribution in [-0.2, 0) is 17.8 Å². The molecule has 156 valence electrons. The molecule has 5 rings (SSSR count). The van der Waals surface area contributed by atoms with E-state index in [4.69, 9.17) is 4.74 Å². The van der Waals surface area contributed by atoms with Gasteiger partial charge >= 0.3 is 0 Å². The Bertz CT molecular complexity index is 1060. The van der Waals surface area contributed by atoms with E-state index in [0.29, 0.717) is 6.54 Å². The Hall–Kier alpha value is -2.79. The molecule has 1 aliphatic heterocycles. The summed E-state index contributed by atoms with van der Waals surface area (Å²) in [4.78, 5) is 18.9. The Labute approximate surface area is 177 Å². The van der Waals surface area contributed by atoms with Crippen LogP contribution in [0.4, 0.5) is 0 Å². The number of hydrogen-bond acceptors (Lipinski definition) is 3. The zero-order valence-electron chi connectivity index (χ0n) is 17.5. The average Bonchev–Trinajstić information content (AvgIpc) is 3.05. The van der Waals surface area contributed by atoms with E-state index < -0.39 is 0 Å². The smallest absolute Gasteiger partial charge is 0.229 e. The number of ether oxygens (including phenoxy) is 1. The van der Waals surface area contributed by atoms with Gasteiger partial charge in [0.25, 0.3) is 0 Å². The van der Waals surface area contributed by atoms with E-state index in [1.165, 1.54) is 16.5 Å². The number of carbonyl (C=O) groups excluding carboxylic acids is 1. The Morgan fingerprint density at radius 3 is 2.97 bits per heavy atom. The highest BCUT2D eigenvalue weighted by Gasteiger charge is 2.29. The van der Waals surface area contributed by atoms with E-state index in [1.807, 2.05) is 18.2 Å². The van der Waals surface area contributed by atoms with Crippen molar-refractivity contribution in [2.45, 2.75) is 44.8 Å². The van der Waals surface area contributed by atoms with Crippen LogP contribution in [-0.4, -0.2) is 41.5 Å². The van der Waals surface area contributed by atoms with Gasteiger partial charge in [-0.1, -0.05) is 36.4 Å². The molecular weight excluding hydrogens is 374 g/mol. The fraction of sp³-hybridized carbons (Fsp3) is 0.400. The molecule has 5 heteroatoms. The minimum Gasteiger partial charge on any atom is -0.489 e. The van der Waals surface area contributed by atoms with Crippen LogP contribution < -0.4 is 10.1 Å². The van der Waals surface area contributed by atoms with Gasteiger partial charge in [0.05, 0.1) is 5.92 Å². The molecule has 0 spiro atoms. The van der Waals surface area contributed by atoms with Crippen molar-refractivity contribution in [2.75, 3.05) is 19.6 Å². The lowest BCUT2D eigenvalue weighted by Gasteiger charge is -2.24. The van der Waals surface area contributed by atoms with Gasteiger partial charge in [0, 0.05) is 48.3 Å². The summed E-state index contributed by atoms with van der Waals surface area (Å²) in [7, 11) is 0. The van der Waals surface area contributed by atoms with E-state index in [0.717, 1.165) is 55.9 Å².